The first-order chi connectivity index (χ1) is 13.3. The molecule has 2 fully saturated rings. The molecule has 1 amide bonds. The molecule has 0 atom stereocenters. The maximum absolute atomic E-state index is 12.0. The van der Waals surface area contributed by atoms with Crippen LogP contribution in [0.25, 0.3) is 10.9 Å². The molecule has 2 aliphatic heterocycles. The maximum Gasteiger partial charge on any atom is 0.409 e. The fourth-order valence-corrected chi connectivity index (χ4v) is 4.68. The number of benzene rings is 1. The van der Waals surface area contributed by atoms with Crippen LogP contribution in [-0.4, -0.2) is 48.3 Å². The number of amides is 1. The van der Waals surface area contributed by atoms with Gasteiger partial charge in [-0.05, 0) is 69.2 Å². The van der Waals surface area contributed by atoms with Crippen molar-refractivity contribution in [2.75, 3.05) is 32.8 Å². The largest absolute Gasteiger partial charge is 0.450 e. The van der Waals surface area contributed by atoms with Gasteiger partial charge >= 0.3 is 6.09 Å². The third-order valence-corrected chi connectivity index (χ3v) is 6.19. The lowest BCUT2D eigenvalue weighted by atomic mass is 9.89. The minimum atomic E-state index is -0.163. The fourth-order valence-electron chi connectivity index (χ4n) is 4.68. The summed E-state index contributed by atoms with van der Waals surface area (Å²) >= 11 is 0. The minimum absolute atomic E-state index is 0.163. The lowest BCUT2D eigenvalue weighted by Gasteiger charge is -2.31. The predicted molar refractivity (Wildman–Crippen MR) is 108 cm³/mol. The lowest BCUT2D eigenvalue weighted by molar-refractivity contribution is 0.0971. The van der Waals surface area contributed by atoms with Crippen molar-refractivity contribution >= 4 is 17.0 Å². The summed E-state index contributed by atoms with van der Waals surface area (Å²) in [4.78, 5) is 13.8. The van der Waals surface area contributed by atoms with Crippen LogP contribution in [0, 0.1) is 5.92 Å². The molecule has 146 valence electrons. The fraction of sp³-hybridized carbons (Fsp3) is 0.591. The number of fused-ring (bicyclic) bond motifs is 1. The quantitative estimate of drug-likeness (QED) is 0.887. The van der Waals surface area contributed by atoms with Gasteiger partial charge in [-0.15, -0.1) is 0 Å². The molecular weight excluding hydrogens is 338 g/mol. The van der Waals surface area contributed by atoms with Gasteiger partial charge in [0.1, 0.15) is 0 Å². The molecule has 0 aliphatic carbocycles. The van der Waals surface area contributed by atoms with Gasteiger partial charge in [0.2, 0.25) is 0 Å². The van der Waals surface area contributed by atoms with Gasteiger partial charge in [-0.1, -0.05) is 18.2 Å². The van der Waals surface area contributed by atoms with E-state index in [1.807, 2.05) is 11.8 Å². The molecule has 27 heavy (non-hydrogen) atoms. The molecule has 0 unspecified atom stereocenters. The predicted octanol–water partition coefficient (Wildman–Crippen LogP) is 3.98. The third-order valence-electron chi connectivity index (χ3n) is 6.19. The molecule has 4 rings (SSSR count). The number of piperidine rings is 2. The Kier molecular flexibility index (Phi) is 5.67. The van der Waals surface area contributed by atoms with E-state index in [1.54, 1.807) is 0 Å². The van der Waals surface area contributed by atoms with Crippen LogP contribution in [0.1, 0.15) is 44.1 Å². The molecule has 0 radical (unpaired) electrons. The molecule has 5 nitrogen and oxygen atoms in total. The molecule has 3 heterocycles. The number of hydrogen-bond acceptors (Lipinski definition) is 3. The molecular formula is C22H31N3O2. The number of nitrogens with one attached hydrogen (secondary N) is 1. The molecule has 5 heteroatoms. The molecule has 2 aromatic rings. The molecule has 1 aromatic heterocycles. The van der Waals surface area contributed by atoms with Gasteiger partial charge in [0.25, 0.3) is 0 Å². The average molecular weight is 370 g/mol. The summed E-state index contributed by atoms with van der Waals surface area (Å²) in [6, 6.07) is 8.82. The minimum Gasteiger partial charge on any atom is -0.450 e. The van der Waals surface area contributed by atoms with Crippen molar-refractivity contribution in [3.05, 3.63) is 36.0 Å². The number of likely N-dealkylation sites (tertiary alicyclic amines) is 1. The monoisotopic (exact) mass is 369 g/mol. The van der Waals surface area contributed by atoms with Crippen molar-refractivity contribution in [3.8, 4) is 0 Å². The molecule has 0 spiro atoms. The van der Waals surface area contributed by atoms with Gasteiger partial charge in [-0.25, -0.2) is 4.79 Å². The standard InChI is InChI=1S/C22H31N3O2/c1-2-27-22(26)24-13-9-18(10-14-24)20-16-25(15-17-7-11-23-12-8-17)21-6-4-3-5-19(20)21/h3-6,16-18,23H,2,7-15H2,1H3. The van der Waals surface area contributed by atoms with Crippen molar-refractivity contribution in [3.63, 3.8) is 0 Å². The van der Waals surface area contributed by atoms with Crippen LogP contribution >= 0.6 is 0 Å². The van der Waals surface area contributed by atoms with Gasteiger partial charge < -0.3 is 19.5 Å². The highest BCUT2D eigenvalue weighted by Crippen LogP contribution is 2.35. The molecule has 0 saturated carbocycles. The van der Waals surface area contributed by atoms with E-state index < -0.39 is 0 Å². The van der Waals surface area contributed by atoms with Gasteiger partial charge in [0.15, 0.2) is 0 Å². The van der Waals surface area contributed by atoms with Crippen LogP contribution in [0.15, 0.2) is 30.5 Å². The van der Waals surface area contributed by atoms with Crippen LogP contribution in [0.3, 0.4) is 0 Å². The van der Waals surface area contributed by atoms with E-state index in [4.69, 9.17) is 4.74 Å². The second-order valence-corrected chi connectivity index (χ2v) is 7.91. The van der Waals surface area contributed by atoms with E-state index in [2.05, 4.69) is 40.3 Å². The Bertz CT molecular complexity index is 771. The number of ether oxygens (including phenoxy) is 1. The highest BCUT2D eigenvalue weighted by Gasteiger charge is 2.27. The summed E-state index contributed by atoms with van der Waals surface area (Å²) in [5.74, 6) is 1.29. The summed E-state index contributed by atoms with van der Waals surface area (Å²) in [5, 5.41) is 4.85. The summed E-state index contributed by atoms with van der Waals surface area (Å²) in [5.41, 5.74) is 2.82. The number of nitrogens with zero attached hydrogens (tertiary/aromatic N) is 2. The zero-order valence-electron chi connectivity index (χ0n) is 16.3. The van der Waals surface area contributed by atoms with Crippen LogP contribution in [0.4, 0.5) is 4.79 Å². The lowest BCUT2D eigenvalue weighted by Crippen LogP contribution is -2.38. The Hall–Kier alpha value is -2.01. The van der Waals surface area contributed by atoms with Crippen molar-refractivity contribution in [2.24, 2.45) is 5.92 Å². The van der Waals surface area contributed by atoms with Gasteiger partial charge in [0.05, 0.1) is 6.61 Å². The Balaban J connectivity index is 1.51. The first kappa shape index (κ1) is 18.4. The number of aromatic nitrogens is 1. The molecule has 1 N–H and O–H groups in total. The molecule has 2 aliphatic rings. The van der Waals surface area contributed by atoms with E-state index in [-0.39, 0.29) is 6.09 Å². The first-order valence-electron chi connectivity index (χ1n) is 10.5. The Morgan fingerprint density at radius 1 is 1.15 bits per heavy atom. The average Bonchev–Trinajstić information content (AvgIpc) is 3.08. The SMILES string of the molecule is CCOC(=O)N1CCC(c2cn(CC3CCNCC3)c3ccccc23)CC1. The number of carbonyl (C=O) groups is 1. The summed E-state index contributed by atoms with van der Waals surface area (Å²) in [7, 11) is 0. The Morgan fingerprint density at radius 3 is 2.63 bits per heavy atom. The van der Waals surface area contributed by atoms with E-state index in [0.29, 0.717) is 12.5 Å². The maximum atomic E-state index is 12.0. The topological polar surface area (TPSA) is 46.5 Å². The van der Waals surface area contributed by atoms with Gasteiger partial charge in [-0.3, -0.25) is 0 Å². The summed E-state index contributed by atoms with van der Waals surface area (Å²) in [6.45, 7) is 7.29. The second-order valence-electron chi connectivity index (χ2n) is 7.91. The highest BCUT2D eigenvalue weighted by molar-refractivity contribution is 5.84. The highest BCUT2D eigenvalue weighted by atomic mass is 16.6. The smallest absolute Gasteiger partial charge is 0.409 e. The number of para-hydroxylation sites is 1. The molecule has 0 bridgehead atoms. The van der Waals surface area contributed by atoms with Gasteiger partial charge in [0, 0.05) is 36.7 Å². The number of carbonyl (C=O) groups excluding carboxylic acids is 1. The van der Waals surface area contributed by atoms with E-state index in [9.17, 15) is 4.79 Å². The summed E-state index contributed by atoms with van der Waals surface area (Å²) < 4.78 is 7.64. The van der Waals surface area contributed by atoms with Crippen LogP contribution in [-0.2, 0) is 11.3 Å². The van der Waals surface area contributed by atoms with Crippen molar-refractivity contribution < 1.29 is 9.53 Å². The zero-order chi connectivity index (χ0) is 18.6. The van der Waals surface area contributed by atoms with Crippen LogP contribution in [0.5, 0.6) is 0 Å². The molecule has 1 aromatic carbocycles. The summed E-state index contributed by atoms with van der Waals surface area (Å²) in [6.07, 6.45) is 6.79. The van der Waals surface area contributed by atoms with Crippen LogP contribution in [0.2, 0.25) is 0 Å². The van der Waals surface area contributed by atoms with Gasteiger partial charge in [-0.2, -0.15) is 0 Å². The van der Waals surface area contributed by atoms with Crippen LogP contribution < -0.4 is 5.32 Å². The first-order valence-corrected chi connectivity index (χ1v) is 10.5. The number of rotatable bonds is 4. The normalized spacial score (nSPS) is 19.5. The number of hydrogen-bond donors (Lipinski definition) is 1. The van der Waals surface area contributed by atoms with Crippen molar-refractivity contribution in [1.82, 2.24) is 14.8 Å². The Labute approximate surface area is 161 Å². The van der Waals surface area contributed by atoms with E-state index >= 15 is 0 Å². The third kappa shape index (κ3) is 3.98. The van der Waals surface area contributed by atoms with Crippen molar-refractivity contribution in [2.45, 2.75) is 45.1 Å². The second kappa shape index (κ2) is 8.34. The van der Waals surface area contributed by atoms with E-state index in [1.165, 1.54) is 29.3 Å². The zero-order valence-corrected chi connectivity index (χ0v) is 16.3. The Morgan fingerprint density at radius 2 is 1.89 bits per heavy atom. The van der Waals surface area contributed by atoms with Crippen molar-refractivity contribution in [1.29, 1.82) is 0 Å². The molecule has 2 saturated heterocycles. The van der Waals surface area contributed by atoms with E-state index in [0.717, 1.165) is 51.5 Å².